The molecule has 1 saturated carbocycles. The summed E-state index contributed by atoms with van der Waals surface area (Å²) in [6.45, 7) is 12.5. The SMILES string of the molecule is CC(C)(C)OC(=O)N[C@H](Cc1cc(OCC2CC2)c(Cl)nc1I)C(C)(C)C. The molecule has 27 heavy (non-hydrogen) atoms. The van der Waals surface area contributed by atoms with Crippen LogP contribution in [0, 0.1) is 15.0 Å². The van der Waals surface area contributed by atoms with Crippen LogP contribution in [-0.2, 0) is 11.2 Å². The van der Waals surface area contributed by atoms with E-state index in [2.05, 4.69) is 53.7 Å². The Morgan fingerprint density at radius 2 is 1.96 bits per heavy atom. The fourth-order valence-corrected chi connectivity index (χ4v) is 3.42. The van der Waals surface area contributed by atoms with Crippen LogP contribution in [-0.4, -0.2) is 29.3 Å². The van der Waals surface area contributed by atoms with Crippen LogP contribution in [0.5, 0.6) is 5.75 Å². The number of ether oxygens (including phenoxy) is 2. The third-order valence-corrected chi connectivity index (χ3v) is 5.51. The molecule has 1 fully saturated rings. The molecule has 1 heterocycles. The fourth-order valence-electron chi connectivity index (χ4n) is 2.47. The zero-order valence-electron chi connectivity index (χ0n) is 17.0. The molecule has 7 heteroatoms. The molecule has 2 rings (SSSR count). The molecule has 1 N–H and O–H groups in total. The molecule has 0 bridgehead atoms. The first-order valence-corrected chi connectivity index (χ1v) is 10.8. The molecule has 0 saturated heterocycles. The summed E-state index contributed by atoms with van der Waals surface area (Å²) < 4.78 is 12.1. The Kier molecular flexibility index (Phi) is 7.28. The summed E-state index contributed by atoms with van der Waals surface area (Å²) in [4.78, 5) is 16.7. The molecular weight excluding hydrogens is 479 g/mol. The van der Waals surface area contributed by atoms with Crippen molar-refractivity contribution in [1.29, 1.82) is 0 Å². The Balaban J connectivity index is 2.15. The zero-order valence-corrected chi connectivity index (χ0v) is 19.9. The number of rotatable bonds is 6. The van der Waals surface area contributed by atoms with Crippen LogP contribution in [0.15, 0.2) is 6.07 Å². The van der Waals surface area contributed by atoms with Crippen molar-refractivity contribution in [3.8, 4) is 5.75 Å². The first-order valence-electron chi connectivity index (χ1n) is 9.32. The minimum absolute atomic E-state index is 0.125. The van der Waals surface area contributed by atoms with Crippen molar-refractivity contribution in [3.63, 3.8) is 0 Å². The van der Waals surface area contributed by atoms with Gasteiger partial charge in [0.25, 0.3) is 0 Å². The number of hydrogen-bond acceptors (Lipinski definition) is 4. The molecule has 0 aromatic carbocycles. The summed E-state index contributed by atoms with van der Waals surface area (Å²) in [5.74, 6) is 1.25. The number of hydrogen-bond donors (Lipinski definition) is 1. The van der Waals surface area contributed by atoms with Gasteiger partial charge in [0.15, 0.2) is 10.9 Å². The van der Waals surface area contributed by atoms with Gasteiger partial charge in [0, 0.05) is 6.04 Å². The number of alkyl carbamates (subject to hydrolysis) is 1. The van der Waals surface area contributed by atoms with Gasteiger partial charge in [-0.15, -0.1) is 0 Å². The number of nitrogens with zero attached hydrogens (tertiary/aromatic N) is 1. The second-order valence-electron chi connectivity index (χ2n) is 9.25. The minimum atomic E-state index is -0.535. The Labute approximate surface area is 181 Å². The normalized spacial score (nSPS) is 16.0. The van der Waals surface area contributed by atoms with E-state index in [0.717, 1.165) is 9.26 Å². The number of pyridine rings is 1. The van der Waals surface area contributed by atoms with Crippen molar-refractivity contribution >= 4 is 40.3 Å². The Hall–Kier alpha value is -0.760. The van der Waals surface area contributed by atoms with Crippen molar-refractivity contribution in [1.82, 2.24) is 10.3 Å². The van der Waals surface area contributed by atoms with Gasteiger partial charge in [-0.1, -0.05) is 32.4 Å². The van der Waals surface area contributed by atoms with Gasteiger partial charge >= 0.3 is 6.09 Å². The summed E-state index contributed by atoms with van der Waals surface area (Å²) in [7, 11) is 0. The molecule has 0 spiro atoms. The van der Waals surface area contributed by atoms with Gasteiger partial charge in [0.1, 0.15) is 9.30 Å². The highest BCUT2D eigenvalue weighted by Gasteiger charge is 2.30. The molecule has 1 amide bonds. The quantitative estimate of drug-likeness (QED) is 0.401. The highest BCUT2D eigenvalue weighted by atomic mass is 127. The Morgan fingerprint density at radius 3 is 2.48 bits per heavy atom. The summed E-state index contributed by atoms with van der Waals surface area (Å²) in [6.07, 6.45) is 2.64. The minimum Gasteiger partial charge on any atom is -0.490 e. The maximum Gasteiger partial charge on any atom is 0.407 e. The first kappa shape index (κ1) is 22.5. The summed E-state index contributed by atoms with van der Waals surface area (Å²) in [6, 6.07) is 1.83. The molecule has 0 radical (unpaired) electrons. The van der Waals surface area contributed by atoms with Gasteiger partial charge in [-0.25, -0.2) is 9.78 Å². The summed E-state index contributed by atoms with van der Waals surface area (Å²) in [5, 5.41) is 3.40. The van der Waals surface area contributed by atoms with E-state index in [9.17, 15) is 4.79 Å². The van der Waals surface area contributed by atoms with E-state index in [1.165, 1.54) is 12.8 Å². The standard InChI is InChI=1S/C20H30ClIN2O3/c1-19(2,3)15(23-18(25)27-20(4,5)6)10-13-9-14(16(21)24-17(13)22)26-11-12-7-8-12/h9,12,15H,7-8,10-11H2,1-6H3,(H,23,25)/t15-/m1/s1. The van der Waals surface area contributed by atoms with E-state index < -0.39 is 11.7 Å². The van der Waals surface area contributed by atoms with E-state index in [4.69, 9.17) is 21.1 Å². The van der Waals surface area contributed by atoms with Crippen LogP contribution >= 0.6 is 34.2 Å². The summed E-state index contributed by atoms with van der Waals surface area (Å²) in [5.41, 5.74) is 0.308. The lowest BCUT2D eigenvalue weighted by Gasteiger charge is -2.32. The van der Waals surface area contributed by atoms with Crippen molar-refractivity contribution < 1.29 is 14.3 Å². The lowest BCUT2D eigenvalue weighted by Crippen LogP contribution is -2.47. The van der Waals surface area contributed by atoms with E-state index in [0.29, 0.717) is 29.8 Å². The van der Waals surface area contributed by atoms with Crippen LogP contribution in [0.1, 0.15) is 59.9 Å². The topological polar surface area (TPSA) is 60.5 Å². The molecule has 1 aromatic heterocycles. The second kappa shape index (κ2) is 8.72. The largest absolute Gasteiger partial charge is 0.490 e. The second-order valence-corrected chi connectivity index (χ2v) is 10.6. The number of carbonyl (C=O) groups excluding carboxylic acids is 1. The average molecular weight is 509 g/mol. The number of aromatic nitrogens is 1. The first-order chi connectivity index (χ1) is 12.3. The Morgan fingerprint density at radius 1 is 1.33 bits per heavy atom. The third-order valence-electron chi connectivity index (χ3n) is 4.30. The zero-order chi connectivity index (χ0) is 20.4. The van der Waals surface area contributed by atoms with Crippen LogP contribution in [0.4, 0.5) is 4.79 Å². The molecule has 1 aromatic rings. The molecule has 152 valence electrons. The maximum absolute atomic E-state index is 12.3. The van der Waals surface area contributed by atoms with Crippen LogP contribution in [0.25, 0.3) is 0 Å². The van der Waals surface area contributed by atoms with Gasteiger partial charge in [0.2, 0.25) is 0 Å². The van der Waals surface area contributed by atoms with E-state index in [1.807, 2.05) is 26.8 Å². The predicted molar refractivity (Wildman–Crippen MR) is 116 cm³/mol. The van der Waals surface area contributed by atoms with Gasteiger partial charge in [-0.05, 0) is 85.6 Å². The number of carbonyl (C=O) groups is 1. The molecule has 1 atom stereocenters. The number of halogens is 2. The van der Waals surface area contributed by atoms with E-state index >= 15 is 0 Å². The summed E-state index contributed by atoms with van der Waals surface area (Å²) >= 11 is 8.44. The highest BCUT2D eigenvalue weighted by Crippen LogP contribution is 2.33. The average Bonchev–Trinajstić information content (AvgIpc) is 3.29. The van der Waals surface area contributed by atoms with E-state index in [-0.39, 0.29) is 11.5 Å². The van der Waals surface area contributed by atoms with Crippen LogP contribution in [0.2, 0.25) is 5.15 Å². The van der Waals surface area contributed by atoms with Crippen molar-refractivity contribution in [2.75, 3.05) is 6.61 Å². The van der Waals surface area contributed by atoms with Gasteiger partial charge in [0.05, 0.1) is 6.61 Å². The molecular formula is C20H30ClIN2O3. The monoisotopic (exact) mass is 508 g/mol. The molecule has 0 unspecified atom stereocenters. The van der Waals surface area contributed by atoms with Crippen molar-refractivity contribution in [3.05, 3.63) is 20.5 Å². The van der Waals surface area contributed by atoms with Gasteiger partial charge in [-0.3, -0.25) is 0 Å². The fraction of sp³-hybridized carbons (Fsp3) is 0.700. The van der Waals surface area contributed by atoms with E-state index in [1.54, 1.807) is 0 Å². The lowest BCUT2D eigenvalue weighted by molar-refractivity contribution is 0.0464. The molecule has 1 aliphatic rings. The molecule has 0 aliphatic heterocycles. The van der Waals surface area contributed by atoms with Gasteiger partial charge in [-0.2, -0.15) is 0 Å². The van der Waals surface area contributed by atoms with Crippen molar-refractivity contribution in [2.45, 2.75) is 72.4 Å². The van der Waals surface area contributed by atoms with Gasteiger partial charge < -0.3 is 14.8 Å². The third kappa shape index (κ3) is 7.64. The predicted octanol–water partition coefficient (Wildman–Crippen LogP) is 5.61. The highest BCUT2D eigenvalue weighted by molar-refractivity contribution is 14.1. The van der Waals surface area contributed by atoms with Crippen LogP contribution in [0.3, 0.4) is 0 Å². The smallest absolute Gasteiger partial charge is 0.407 e. The Bertz CT molecular complexity index is 679. The number of nitrogens with one attached hydrogen (secondary N) is 1. The number of amides is 1. The van der Waals surface area contributed by atoms with Crippen LogP contribution < -0.4 is 10.1 Å². The molecule has 5 nitrogen and oxygen atoms in total. The lowest BCUT2D eigenvalue weighted by atomic mass is 9.83. The van der Waals surface area contributed by atoms with Crippen molar-refractivity contribution in [2.24, 2.45) is 11.3 Å². The molecule has 1 aliphatic carbocycles. The maximum atomic E-state index is 12.3.